The molecule has 0 saturated heterocycles. The smallest absolute Gasteiger partial charge is 0.0655 e. The summed E-state index contributed by atoms with van der Waals surface area (Å²) in [6.45, 7) is 0. The molecule has 0 unspecified atom stereocenters. The van der Waals surface area contributed by atoms with Gasteiger partial charge in [-0.25, -0.2) is 0 Å². The van der Waals surface area contributed by atoms with E-state index in [1.807, 2.05) is 24.3 Å². The lowest BCUT2D eigenvalue weighted by molar-refractivity contribution is 0.397. The first-order valence-corrected chi connectivity index (χ1v) is 6.07. The van der Waals surface area contributed by atoms with E-state index in [2.05, 4.69) is 11.4 Å². The molecule has 0 heterocycles. The number of hydrogen-bond donors (Lipinski definition) is 1. The molecule has 0 aliphatic heterocycles. The van der Waals surface area contributed by atoms with E-state index in [1.54, 1.807) is 0 Å². The van der Waals surface area contributed by atoms with Gasteiger partial charge in [-0.05, 0) is 43.9 Å². The van der Waals surface area contributed by atoms with Crippen molar-refractivity contribution in [3.63, 3.8) is 0 Å². The number of benzene rings is 1. The summed E-state index contributed by atoms with van der Waals surface area (Å²) in [5.41, 5.74) is 1.08. The van der Waals surface area contributed by atoms with Crippen LogP contribution in [0.1, 0.15) is 25.7 Å². The Hall–Kier alpha value is -1.20. The fraction of sp³-hybridized carbons (Fsp3) is 0.462. The third-order valence-electron chi connectivity index (χ3n) is 3.11. The molecule has 1 saturated carbocycles. The first-order chi connectivity index (χ1) is 7.78. The number of hydrogen-bond acceptors (Lipinski definition) is 2. The second kappa shape index (κ2) is 5.23. The van der Waals surface area contributed by atoms with Gasteiger partial charge in [0.1, 0.15) is 0 Å². The fourth-order valence-corrected chi connectivity index (χ4v) is 2.37. The number of nitrogens with one attached hydrogen (secondary N) is 1. The Morgan fingerprint density at radius 1 is 1.25 bits per heavy atom. The number of halogens is 1. The highest BCUT2D eigenvalue weighted by Crippen LogP contribution is 2.26. The van der Waals surface area contributed by atoms with Gasteiger partial charge in [-0.1, -0.05) is 17.7 Å². The van der Waals surface area contributed by atoms with Crippen molar-refractivity contribution in [3.05, 3.63) is 29.3 Å². The number of rotatable bonds is 2. The monoisotopic (exact) mass is 234 g/mol. The molecule has 3 heteroatoms. The van der Waals surface area contributed by atoms with Crippen LogP contribution in [0, 0.1) is 17.2 Å². The predicted octanol–water partition coefficient (Wildman–Crippen LogP) is 3.83. The van der Waals surface area contributed by atoms with E-state index < -0.39 is 0 Å². The molecule has 84 valence electrons. The zero-order valence-electron chi connectivity index (χ0n) is 9.12. The quantitative estimate of drug-likeness (QED) is 0.844. The first-order valence-electron chi connectivity index (χ1n) is 5.69. The summed E-state index contributed by atoms with van der Waals surface area (Å²) < 4.78 is 0. The highest BCUT2D eigenvalue weighted by Gasteiger charge is 2.20. The van der Waals surface area contributed by atoms with E-state index in [1.165, 1.54) is 0 Å². The average Bonchev–Trinajstić information content (AvgIpc) is 2.30. The summed E-state index contributed by atoms with van der Waals surface area (Å²) in [6.07, 6.45) is 4.17. The van der Waals surface area contributed by atoms with Crippen molar-refractivity contribution in [2.24, 2.45) is 5.92 Å². The Balaban J connectivity index is 1.90. The Morgan fingerprint density at radius 2 is 2.00 bits per heavy atom. The minimum atomic E-state index is 0.261. The van der Waals surface area contributed by atoms with Gasteiger partial charge in [0.2, 0.25) is 0 Å². The predicted molar refractivity (Wildman–Crippen MR) is 66.4 cm³/mol. The van der Waals surface area contributed by atoms with E-state index >= 15 is 0 Å². The van der Waals surface area contributed by atoms with Gasteiger partial charge in [0.15, 0.2) is 0 Å². The maximum atomic E-state index is 8.82. The Bertz CT molecular complexity index is 389. The van der Waals surface area contributed by atoms with Gasteiger partial charge in [-0.2, -0.15) is 5.26 Å². The van der Waals surface area contributed by atoms with Crippen LogP contribution in [0.3, 0.4) is 0 Å². The van der Waals surface area contributed by atoms with Crippen LogP contribution in [0.25, 0.3) is 0 Å². The number of anilines is 1. The molecular weight excluding hydrogens is 220 g/mol. The van der Waals surface area contributed by atoms with Crippen molar-refractivity contribution in [3.8, 4) is 6.07 Å². The van der Waals surface area contributed by atoms with Crippen LogP contribution >= 0.6 is 11.6 Å². The van der Waals surface area contributed by atoms with Crippen LogP contribution in [0.2, 0.25) is 5.02 Å². The van der Waals surface area contributed by atoms with Crippen molar-refractivity contribution >= 4 is 17.3 Å². The Morgan fingerprint density at radius 3 is 2.62 bits per heavy atom. The largest absolute Gasteiger partial charge is 0.382 e. The SMILES string of the molecule is N#CC1CCC(Nc2cccc(Cl)c2)CC1. The fourth-order valence-electron chi connectivity index (χ4n) is 2.18. The van der Waals surface area contributed by atoms with Crippen LogP contribution in [0.15, 0.2) is 24.3 Å². The first kappa shape index (κ1) is 11.3. The minimum absolute atomic E-state index is 0.261. The second-order valence-corrected chi connectivity index (χ2v) is 4.77. The summed E-state index contributed by atoms with van der Waals surface area (Å²) in [6, 6.07) is 10.6. The summed E-state index contributed by atoms with van der Waals surface area (Å²) in [4.78, 5) is 0. The summed E-state index contributed by atoms with van der Waals surface area (Å²) in [5.74, 6) is 0.261. The summed E-state index contributed by atoms with van der Waals surface area (Å²) >= 11 is 5.93. The molecule has 0 radical (unpaired) electrons. The molecule has 1 N–H and O–H groups in total. The lowest BCUT2D eigenvalue weighted by Gasteiger charge is -2.26. The van der Waals surface area contributed by atoms with E-state index in [4.69, 9.17) is 16.9 Å². The van der Waals surface area contributed by atoms with Gasteiger partial charge in [-0.15, -0.1) is 0 Å². The molecule has 1 aliphatic rings. The van der Waals surface area contributed by atoms with Crippen molar-refractivity contribution in [1.82, 2.24) is 0 Å². The lowest BCUT2D eigenvalue weighted by atomic mass is 9.87. The van der Waals surface area contributed by atoms with Gasteiger partial charge < -0.3 is 5.32 Å². The normalized spacial score (nSPS) is 24.8. The molecule has 0 bridgehead atoms. The van der Waals surface area contributed by atoms with Gasteiger partial charge in [0.05, 0.1) is 6.07 Å². The van der Waals surface area contributed by atoms with E-state index in [-0.39, 0.29) is 5.92 Å². The molecule has 2 nitrogen and oxygen atoms in total. The van der Waals surface area contributed by atoms with Crippen LogP contribution < -0.4 is 5.32 Å². The highest BCUT2D eigenvalue weighted by molar-refractivity contribution is 6.30. The molecule has 1 aromatic rings. The van der Waals surface area contributed by atoms with Crippen molar-refractivity contribution in [1.29, 1.82) is 5.26 Å². The third kappa shape index (κ3) is 2.90. The zero-order valence-corrected chi connectivity index (χ0v) is 9.87. The molecule has 0 amide bonds. The molecule has 16 heavy (non-hydrogen) atoms. The van der Waals surface area contributed by atoms with Crippen molar-refractivity contribution in [2.45, 2.75) is 31.7 Å². The molecule has 1 aliphatic carbocycles. The molecular formula is C13H15ClN2. The zero-order chi connectivity index (χ0) is 11.4. The van der Waals surface area contributed by atoms with Crippen LogP contribution in [0.4, 0.5) is 5.69 Å². The molecule has 0 spiro atoms. The standard InChI is InChI=1S/C13H15ClN2/c14-11-2-1-3-13(8-11)16-12-6-4-10(9-15)5-7-12/h1-3,8,10,12,16H,4-7H2. The van der Waals surface area contributed by atoms with Crippen molar-refractivity contribution in [2.75, 3.05) is 5.32 Å². The molecule has 0 aromatic heterocycles. The topological polar surface area (TPSA) is 35.8 Å². The van der Waals surface area contributed by atoms with E-state index in [0.717, 1.165) is 36.4 Å². The Labute approximate surface area is 101 Å². The molecule has 0 atom stereocenters. The highest BCUT2D eigenvalue weighted by atomic mass is 35.5. The molecule has 1 fully saturated rings. The van der Waals surface area contributed by atoms with Crippen molar-refractivity contribution < 1.29 is 0 Å². The van der Waals surface area contributed by atoms with Gasteiger partial charge >= 0.3 is 0 Å². The number of nitriles is 1. The van der Waals surface area contributed by atoms with Crippen LogP contribution in [0.5, 0.6) is 0 Å². The average molecular weight is 235 g/mol. The number of nitrogens with zero attached hydrogens (tertiary/aromatic N) is 1. The van der Waals surface area contributed by atoms with Gasteiger partial charge in [0.25, 0.3) is 0 Å². The Kier molecular flexibility index (Phi) is 3.69. The maximum absolute atomic E-state index is 8.82. The molecule has 1 aromatic carbocycles. The molecule has 2 rings (SSSR count). The van der Waals surface area contributed by atoms with Gasteiger partial charge in [0, 0.05) is 22.7 Å². The second-order valence-electron chi connectivity index (χ2n) is 4.33. The van der Waals surface area contributed by atoms with Crippen LogP contribution in [-0.2, 0) is 0 Å². The maximum Gasteiger partial charge on any atom is 0.0655 e. The third-order valence-corrected chi connectivity index (χ3v) is 3.34. The van der Waals surface area contributed by atoms with E-state index in [9.17, 15) is 0 Å². The lowest BCUT2D eigenvalue weighted by Crippen LogP contribution is -2.25. The van der Waals surface area contributed by atoms with Gasteiger partial charge in [-0.3, -0.25) is 0 Å². The summed E-state index contributed by atoms with van der Waals surface area (Å²) in [7, 11) is 0. The minimum Gasteiger partial charge on any atom is -0.382 e. The van der Waals surface area contributed by atoms with E-state index in [0.29, 0.717) is 6.04 Å². The summed E-state index contributed by atoms with van der Waals surface area (Å²) in [5, 5.41) is 13.0. The van der Waals surface area contributed by atoms with Crippen LogP contribution in [-0.4, -0.2) is 6.04 Å².